The van der Waals surface area contributed by atoms with Crippen molar-refractivity contribution in [3.63, 3.8) is 0 Å². The Balaban J connectivity index is 2.78. The Labute approximate surface area is 104 Å². The minimum absolute atomic E-state index is 0.0249. The first-order valence-electron chi connectivity index (χ1n) is 5.06. The molecular weight excluding hydrogens is 236 g/mol. The van der Waals surface area contributed by atoms with Gasteiger partial charge < -0.3 is 20.8 Å². The predicted octanol–water partition coefficient (Wildman–Crippen LogP) is 1.24. The van der Waals surface area contributed by atoms with Gasteiger partial charge in [0.1, 0.15) is 5.56 Å². The molecule has 0 saturated heterocycles. The first-order valence-corrected chi connectivity index (χ1v) is 5.06. The first kappa shape index (κ1) is 13.4. The molecule has 1 aromatic carbocycles. The number of para-hydroxylation sites is 1. The Bertz CT molecular complexity index is 529. The van der Waals surface area contributed by atoms with Crippen LogP contribution in [0.15, 0.2) is 18.2 Å². The molecule has 0 bridgehead atoms. The van der Waals surface area contributed by atoms with Crippen molar-refractivity contribution < 1.29 is 19.8 Å². The summed E-state index contributed by atoms with van der Waals surface area (Å²) in [7, 11) is 0. The van der Waals surface area contributed by atoms with E-state index in [1.165, 1.54) is 18.2 Å². The van der Waals surface area contributed by atoms with Crippen molar-refractivity contribution in [3.8, 4) is 17.6 Å². The molecular formula is C12H12N2O4. The van der Waals surface area contributed by atoms with Crippen molar-refractivity contribution in [1.29, 1.82) is 0 Å². The number of aromatic hydroxyl groups is 1. The molecule has 0 heterocycles. The van der Waals surface area contributed by atoms with Crippen LogP contribution in [0.4, 0.5) is 10.5 Å². The Morgan fingerprint density at radius 2 is 2.11 bits per heavy atom. The number of carbonyl (C=O) groups excluding carboxylic acids is 1. The lowest BCUT2D eigenvalue weighted by molar-refractivity contribution is 0.0694. The molecule has 94 valence electrons. The largest absolute Gasteiger partial charge is 0.505 e. The molecule has 0 spiro atoms. The smallest absolute Gasteiger partial charge is 0.339 e. The number of carbonyl (C=O) groups is 2. The maximum absolute atomic E-state index is 11.4. The topological polar surface area (TPSA) is 98.7 Å². The van der Waals surface area contributed by atoms with E-state index in [2.05, 4.69) is 22.5 Å². The van der Waals surface area contributed by atoms with Crippen LogP contribution in [0.25, 0.3) is 0 Å². The molecule has 6 nitrogen and oxygen atoms in total. The second-order valence-corrected chi connectivity index (χ2v) is 3.24. The molecule has 6 heteroatoms. The minimum Gasteiger partial charge on any atom is -0.505 e. The van der Waals surface area contributed by atoms with Gasteiger partial charge in [0, 0.05) is 0 Å². The molecule has 0 atom stereocenters. The highest BCUT2D eigenvalue weighted by Crippen LogP contribution is 2.27. The molecule has 0 radical (unpaired) electrons. The van der Waals surface area contributed by atoms with Gasteiger partial charge in [0.2, 0.25) is 0 Å². The highest BCUT2D eigenvalue weighted by molar-refractivity contribution is 5.97. The van der Waals surface area contributed by atoms with E-state index in [-0.39, 0.29) is 17.8 Å². The average molecular weight is 248 g/mol. The van der Waals surface area contributed by atoms with Crippen molar-refractivity contribution in [3.05, 3.63) is 23.8 Å². The van der Waals surface area contributed by atoms with Crippen molar-refractivity contribution in [2.24, 2.45) is 0 Å². The molecule has 0 saturated carbocycles. The maximum atomic E-state index is 11.4. The maximum Gasteiger partial charge on any atom is 0.339 e. The molecule has 0 aromatic heterocycles. The normalized spacial score (nSPS) is 8.94. The summed E-state index contributed by atoms with van der Waals surface area (Å²) in [5.74, 6) is 3.48. The predicted molar refractivity (Wildman–Crippen MR) is 65.5 cm³/mol. The summed E-state index contributed by atoms with van der Waals surface area (Å²) in [6.07, 6.45) is 0. The van der Waals surface area contributed by atoms with Crippen LogP contribution in [-0.2, 0) is 0 Å². The lowest BCUT2D eigenvalue weighted by atomic mass is 10.2. The second kappa shape index (κ2) is 6.15. The van der Waals surface area contributed by atoms with Crippen LogP contribution in [0, 0.1) is 11.8 Å². The van der Waals surface area contributed by atoms with Gasteiger partial charge in [0.25, 0.3) is 0 Å². The Morgan fingerprint density at radius 1 is 1.39 bits per heavy atom. The first-order chi connectivity index (χ1) is 8.56. The van der Waals surface area contributed by atoms with Crippen LogP contribution in [0.3, 0.4) is 0 Å². The van der Waals surface area contributed by atoms with Gasteiger partial charge >= 0.3 is 12.0 Å². The third kappa shape index (κ3) is 3.42. The number of carboxylic acids is 1. The zero-order valence-corrected chi connectivity index (χ0v) is 9.65. The molecule has 1 aromatic rings. The summed E-state index contributed by atoms with van der Waals surface area (Å²) in [5, 5.41) is 23.2. The summed E-state index contributed by atoms with van der Waals surface area (Å²) in [4.78, 5) is 22.1. The molecule has 0 fully saturated rings. The summed E-state index contributed by atoms with van der Waals surface area (Å²) in [6.45, 7) is 1.81. The number of nitrogens with one attached hydrogen (secondary N) is 2. The van der Waals surface area contributed by atoms with E-state index in [1.807, 2.05) is 0 Å². The van der Waals surface area contributed by atoms with E-state index in [0.29, 0.717) is 0 Å². The van der Waals surface area contributed by atoms with E-state index in [4.69, 9.17) is 5.11 Å². The fourth-order valence-electron chi connectivity index (χ4n) is 1.20. The number of urea groups is 1. The fourth-order valence-corrected chi connectivity index (χ4v) is 1.20. The highest BCUT2D eigenvalue weighted by atomic mass is 16.4. The molecule has 2 amide bonds. The fraction of sp³-hybridized carbons (Fsp3) is 0.167. The van der Waals surface area contributed by atoms with Crippen LogP contribution in [-0.4, -0.2) is 28.8 Å². The number of hydrogen-bond donors (Lipinski definition) is 4. The molecule has 4 N–H and O–H groups in total. The minimum atomic E-state index is -1.27. The van der Waals surface area contributed by atoms with Gasteiger partial charge in [-0.3, -0.25) is 0 Å². The van der Waals surface area contributed by atoms with Crippen molar-refractivity contribution >= 4 is 17.7 Å². The van der Waals surface area contributed by atoms with Crippen LogP contribution in [0.2, 0.25) is 0 Å². The van der Waals surface area contributed by atoms with Gasteiger partial charge in [0.15, 0.2) is 5.75 Å². The number of amides is 2. The number of anilines is 1. The third-order valence-corrected chi connectivity index (χ3v) is 2.03. The molecule has 18 heavy (non-hydrogen) atoms. The van der Waals surface area contributed by atoms with Gasteiger partial charge in [-0.2, -0.15) is 0 Å². The number of benzene rings is 1. The average Bonchev–Trinajstić information content (AvgIpc) is 2.32. The molecule has 0 aliphatic rings. The lowest BCUT2D eigenvalue weighted by Gasteiger charge is -2.08. The van der Waals surface area contributed by atoms with Crippen LogP contribution < -0.4 is 10.6 Å². The van der Waals surface area contributed by atoms with Gasteiger partial charge in [-0.1, -0.05) is 12.0 Å². The van der Waals surface area contributed by atoms with E-state index in [1.54, 1.807) is 6.92 Å². The van der Waals surface area contributed by atoms with Gasteiger partial charge in [-0.15, -0.1) is 5.92 Å². The van der Waals surface area contributed by atoms with Crippen LogP contribution in [0.1, 0.15) is 17.3 Å². The van der Waals surface area contributed by atoms with Gasteiger partial charge in [-0.05, 0) is 19.1 Å². The number of rotatable bonds is 3. The Hall–Kier alpha value is -2.68. The molecule has 0 aliphatic heterocycles. The zero-order valence-electron chi connectivity index (χ0n) is 9.65. The Kier molecular flexibility index (Phi) is 4.58. The number of carboxylic acid groups (broad SMARTS) is 1. The summed E-state index contributed by atoms with van der Waals surface area (Å²) >= 11 is 0. The van der Waals surface area contributed by atoms with Crippen LogP contribution in [0.5, 0.6) is 5.75 Å². The summed E-state index contributed by atoms with van der Waals surface area (Å²) in [6, 6.07) is 3.48. The van der Waals surface area contributed by atoms with Gasteiger partial charge in [-0.25, -0.2) is 9.59 Å². The van der Waals surface area contributed by atoms with E-state index < -0.39 is 17.7 Å². The number of aromatic carboxylic acids is 1. The summed E-state index contributed by atoms with van der Waals surface area (Å²) < 4.78 is 0. The number of hydrogen-bond acceptors (Lipinski definition) is 3. The molecule has 1 rings (SSSR count). The third-order valence-electron chi connectivity index (χ3n) is 2.03. The van der Waals surface area contributed by atoms with Crippen LogP contribution >= 0.6 is 0 Å². The Morgan fingerprint density at radius 3 is 2.72 bits per heavy atom. The van der Waals surface area contributed by atoms with Crippen molar-refractivity contribution in [2.45, 2.75) is 6.92 Å². The lowest BCUT2D eigenvalue weighted by Crippen LogP contribution is -2.29. The van der Waals surface area contributed by atoms with E-state index in [9.17, 15) is 14.7 Å². The standard InChI is InChI=1S/C12H12N2O4/c1-2-3-7-13-12(18)14-9-6-4-5-8(10(9)15)11(16)17/h4-6,15H,7H2,1H3,(H,16,17)(H2,13,14,18). The highest BCUT2D eigenvalue weighted by Gasteiger charge is 2.14. The van der Waals surface area contributed by atoms with Crippen molar-refractivity contribution in [2.75, 3.05) is 11.9 Å². The molecule has 0 unspecified atom stereocenters. The van der Waals surface area contributed by atoms with Gasteiger partial charge in [0.05, 0.1) is 12.2 Å². The second-order valence-electron chi connectivity index (χ2n) is 3.24. The quantitative estimate of drug-likeness (QED) is 0.477. The number of phenols is 1. The van der Waals surface area contributed by atoms with E-state index >= 15 is 0 Å². The molecule has 0 aliphatic carbocycles. The SMILES string of the molecule is CC#CCNC(=O)Nc1cccc(C(=O)O)c1O. The van der Waals surface area contributed by atoms with E-state index in [0.717, 1.165) is 0 Å². The summed E-state index contributed by atoms with van der Waals surface area (Å²) in [5.41, 5.74) is -0.252. The van der Waals surface area contributed by atoms with Crippen molar-refractivity contribution in [1.82, 2.24) is 5.32 Å². The monoisotopic (exact) mass is 248 g/mol. The zero-order chi connectivity index (χ0) is 13.5.